The van der Waals surface area contributed by atoms with Gasteiger partial charge >= 0.3 is 0 Å². The Labute approximate surface area is 216 Å². The van der Waals surface area contributed by atoms with Gasteiger partial charge in [-0.25, -0.2) is 4.98 Å². The standard InChI is InChI=1S/C29H29N5O3/c1-3-9-33-11-13-34(14-12-33)10-5-16-36-27-19-25-22(18-26(27)35-2)17-23(20-30)29(32-25)31-24-8-7-21-6-4-15-37-28(21)24/h1,4,6-8,15,17-19H,5,9-14,16H2,2H3,(H,31,32). The predicted octanol–water partition coefficient (Wildman–Crippen LogP) is 4.58. The number of anilines is 2. The lowest BCUT2D eigenvalue weighted by molar-refractivity contribution is 0.136. The molecule has 1 aromatic carbocycles. The third kappa shape index (κ3) is 5.46. The number of hydrogen-bond donors (Lipinski definition) is 1. The van der Waals surface area contributed by atoms with Gasteiger partial charge in [0.25, 0.3) is 0 Å². The van der Waals surface area contributed by atoms with Crippen molar-refractivity contribution in [3.8, 4) is 41.2 Å². The van der Waals surface area contributed by atoms with E-state index in [-0.39, 0.29) is 0 Å². The average molecular weight is 496 g/mol. The second-order valence-corrected chi connectivity index (χ2v) is 8.99. The minimum absolute atomic E-state index is 0.427. The number of methoxy groups -OCH3 is 1. The number of benzene rings is 1. The molecule has 0 amide bonds. The van der Waals surface area contributed by atoms with Crippen molar-refractivity contribution in [3.63, 3.8) is 0 Å². The van der Waals surface area contributed by atoms with Gasteiger partial charge in [0.2, 0.25) is 0 Å². The lowest BCUT2D eigenvalue weighted by atomic mass is 10.1. The van der Waals surface area contributed by atoms with E-state index in [4.69, 9.17) is 25.3 Å². The molecule has 0 bridgehead atoms. The van der Waals surface area contributed by atoms with Crippen LogP contribution >= 0.6 is 0 Å². The van der Waals surface area contributed by atoms with Crippen molar-refractivity contribution in [3.05, 3.63) is 54.3 Å². The summed E-state index contributed by atoms with van der Waals surface area (Å²) in [6, 6.07) is 15.5. The summed E-state index contributed by atoms with van der Waals surface area (Å²) in [5.41, 5.74) is 2.86. The van der Waals surface area contributed by atoms with Crippen LogP contribution in [0.15, 0.2) is 53.1 Å². The molecule has 0 radical (unpaired) electrons. The number of aromatic nitrogens is 1. The highest BCUT2D eigenvalue weighted by atomic mass is 16.5. The van der Waals surface area contributed by atoms with Crippen molar-refractivity contribution >= 4 is 22.4 Å². The first-order valence-corrected chi connectivity index (χ1v) is 12.4. The number of rotatable bonds is 9. The molecule has 3 aliphatic rings. The van der Waals surface area contributed by atoms with Gasteiger partial charge in [0.05, 0.1) is 43.3 Å². The van der Waals surface area contributed by atoms with Gasteiger partial charge < -0.3 is 24.1 Å². The summed E-state index contributed by atoms with van der Waals surface area (Å²) in [4.78, 5) is 9.49. The molecule has 0 saturated carbocycles. The molecular formula is C29H29N5O3. The first-order valence-electron chi connectivity index (χ1n) is 12.4. The zero-order valence-corrected chi connectivity index (χ0v) is 20.9. The first kappa shape index (κ1) is 24.5. The zero-order valence-electron chi connectivity index (χ0n) is 20.9. The molecule has 1 aromatic heterocycles. The normalized spacial score (nSPS) is 14.4. The molecule has 37 heavy (non-hydrogen) atoms. The summed E-state index contributed by atoms with van der Waals surface area (Å²) in [6.45, 7) is 6.31. The number of fused-ring (bicyclic) bond motifs is 2. The van der Waals surface area contributed by atoms with Crippen LogP contribution in [0.2, 0.25) is 0 Å². The molecular weight excluding hydrogens is 466 g/mol. The number of piperazine rings is 1. The summed E-state index contributed by atoms with van der Waals surface area (Å²) >= 11 is 0. The third-order valence-corrected chi connectivity index (χ3v) is 6.61. The Balaban J connectivity index is 1.29. The molecule has 5 rings (SSSR count). The number of terminal acetylenes is 1. The van der Waals surface area contributed by atoms with E-state index in [0.717, 1.165) is 62.3 Å². The van der Waals surface area contributed by atoms with E-state index in [1.807, 2.05) is 36.4 Å². The fourth-order valence-corrected chi connectivity index (χ4v) is 4.62. The largest absolute Gasteiger partial charge is 0.493 e. The van der Waals surface area contributed by atoms with Gasteiger partial charge in [-0.2, -0.15) is 5.26 Å². The average Bonchev–Trinajstić information content (AvgIpc) is 3.34. The van der Waals surface area contributed by atoms with Gasteiger partial charge in [-0.15, -0.1) is 6.42 Å². The van der Waals surface area contributed by atoms with Crippen LogP contribution in [0.5, 0.6) is 11.5 Å². The number of hydrogen-bond acceptors (Lipinski definition) is 8. The van der Waals surface area contributed by atoms with Crippen LogP contribution in [0.3, 0.4) is 0 Å². The van der Waals surface area contributed by atoms with E-state index in [1.54, 1.807) is 19.4 Å². The number of nitriles is 1. The molecule has 3 heterocycles. The monoisotopic (exact) mass is 495 g/mol. The fourth-order valence-electron chi connectivity index (χ4n) is 4.62. The lowest BCUT2D eigenvalue weighted by Gasteiger charge is -2.33. The number of pyridine rings is 1. The van der Waals surface area contributed by atoms with Crippen molar-refractivity contribution in [1.29, 1.82) is 5.26 Å². The smallest absolute Gasteiger partial charge is 0.163 e. The highest BCUT2D eigenvalue weighted by Crippen LogP contribution is 2.36. The van der Waals surface area contributed by atoms with Gasteiger partial charge in [-0.05, 0) is 42.8 Å². The van der Waals surface area contributed by atoms with E-state index in [9.17, 15) is 5.26 Å². The van der Waals surface area contributed by atoms with E-state index in [1.165, 1.54) is 0 Å². The quantitative estimate of drug-likeness (QED) is 0.267. The maximum absolute atomic E-state index is 9.77. The fraction of sp³-hybridized carbons (Fsp3) is 0.310. The Morgan fingerprint density at radius 2 is 1.95 bits per heavy atom. The van der Waals surface area contributed by atoms with Crippen molar-refractivity contribution in [2.75, 3.05) is 58.3 Å². The summed E-state index contributed by atoms with van der Waals surface area (Å²) in [5, 5.41) is 13.8. The molecule has 8 nitrogen and oxygen atoms in total. The Morgan fingerprint density at radius 3 is 2.73 bits per heavy atom. The van der Waals surface area contributed by atoms with E-state index >= 15 is 0 Å². The molecule has 0 spiro atoms. The molecule has 2 aliphatic heterocycles. The van der Waals surface area contributed by atoms with E-state index < -0.39 is 0 Å². The second-order valence-electron chi connectivity index (χ2n) is 8.99. The van der Waals surface area contributed by atoms with Crippen LogP contribution < -0.4 is 14.8 Å². The van der Waals surface area contributed by atoms with Gasteiger partial charge in [-0.1, -0.05) is 5.92 Å². The molecule has 0 atom stereocenters. The Hall–Kier alpha value is -4.24. The Morgan fingerprint density at radius 1 is 1.11 bits per heavy atom. The maximum Gasteiger partial charge on any atom is 0.163 e. The summed E-state index contributed by atoms with van der Waals surface area (Å²) in [5.74, 6) is 5.14. The van der Waals surface area contributed by atoms with Gasteiger partial charge in [-0.3, -0.25) is 4.90 Å². The second kappa shape index (κ2) is 11.2. The summed E-state index contributed by atoms with van der Waals surface area (Å²) in [7, 11) is 1.61. The molecule has 1 fully saturated rings. The molecule has 1 aliphatic carbocycles. The number of nitrogens with zero attached hydrogens (tertiary/aromatic N) is 4. The van der Waals surface area contributed by atoms with Crippen LogP contribution in [0.25, 0.3) is 22.2 Å². The highest BCUT2D eigenvalue weighted by molar-refractivity contribution is 5.88. The Bertz CT molecular complexity index is 1430. The highest BCUT2D eigenvalue weighted by Gasteiger charge is 2.17. The number of nitrogens with one attached hydrogen (secondary N) is 1. The van der Waals surface area contributed by atoms with Crippen molar-refractivity contribution in [2.45, 2.75) is 6.42 Å². The minimum Gasteiger partial charge on any atom is -0.493 e. The molecule has 8 heteroatoms. The van der Waals surface area contributed by atoms with Gasteiger partial charge in [0.15, 0.2) is 17.3 Å². The van der Waals surface area contributed by atoms with Crippen molar-refractivity contribution < 1.29 is 13.9 Å². The third-order valence-electron chi connectivity index (χ3n) is 6.61. The first-order chi connectivity index (χ1) is 18.2. The lowest BCUT2D eigenvalue weighted by Crippen LogP contribution is -2.46. The van der Waals surface area contributed by atoms with Crippen molar-refractivity contribution in [1.82, 2.24) is 14.8 Å². The van der Waals surface area contributed by atoms with Crippen LogP contribution in [0, 0.1) is 23.7 Å². The minimum atomic E-state index is 0.427. The topological polar surface area (TPSA) is 86.8 Å². The zero-order chi connectivity index (χ0) is 25.6. The van der Waals surface area contributed by atoms with E-state index in [2.05, 4.69) is 27.1 Å². The van der Waals surface area contributed by atoms with E-state index in [0.29, 0.717) is 40.8 Å². The SMILES string of the molecule is C#CCN1CCN(CCCOc2cc3nc(Nc4ccc5cccoc4-5)c(C#N)cc3cc2OC)CC1. The van der Waals surface area contributed by atoms with Gasteiger partial charge in [0, 0.05) is 49.7 Å². The van der Waals surface area contributed by atoms with Crippen molar-refractivity contribution in [2.24, 2.45) is 0 Å². The molecule has 1 saturated heterocycles. The maximum atomic E-state index is 9.77. The molecule has 188 valence electrons. The van der Waals surface area contributed by atoms with Gasteiger partial charge in [0.1, 0.15) is 11.9 Å². The van der Waals surface area contributed by atoms with Crippen LogP contribution in [-0.4, -0.2) is 67.8 Å². The molecule has 0 unspecified atom stereocenters. The van der Waals surface area contributed by atoms with Crippen LogP contribution in [0.1, 0.15) is 12.0 Å². The predicted molar refractivity (Wildman–Crippen MR) is 143 cm³/mol. The van der Waals surface area contributed by atoms with Crippen LogP contribution in [0.4, 0.5) is 11.5 Å². The summed E-state index contributed by atoms with van der Waals surface area (Å²) < 4.78 is 17.4. The van der Waals surface area contributed by atoms with Crippen LogP contribution in [-0.2, 0) is 0 Å². The molecule has 1 N–H and O–H groups in total. The number of ether oxygens (including phenoxy) is 2. The summed E-state index contributed by atoms with van der Waals surface area (Å²) in [6.07, 6.45) is 7.95. The Kier molecular flexibility index (Phi) is 7.41. The molecule has 2 aromatic rings.